The molecule has 0 atom stereocenters. The van der Waals surface area contributed by atoms with Crippen molar-refractivity contribution in [3.8, 4) is 5.75 Å². The van der Waals surface area contributed by atoms with Gasteiger partial charge in [0.1, 0.15) is 0 Å². The first-order chi connectivity index (χ1) is 7.41. The third-order valence-electron chi connectivity index (χ3n) is 1.55. The molecule has 9 nitrogen and oxygen atoms in total. The van der Waals surface area contributed by atoms with Gasteiger partial charge in [0, 0.05) is 6.07 Å². The molecular weight excluding hydrogens is 224 g/mol. The van der Waals surface area contributed by atoms with Crippen LogP contribution in [0.4, 0.5) is 16.2 Å². The summed E-state index contributed by atoms with van der Waals surface area (Å²) >= 11 is 0. The molecule has 1 aromatic rings. The number of benzene rings is 1. The van der Waals surface area contributed by atoms with Crippen molar-refractivity contribution in [3.63, 3.8) is 0 Å². The molecule has 0 saturated carbocycles. The number of non-ortho nitro benzene ring substituents is 1. The maximum absolute atomic E-state index is 10.5. The summed E-state index contributed by atoms with van der Waals surface area (Å²) in [7, 11) is 0. The number of ether oxygens (including phenoxy) is 1. The number of nitrogens with zero attached hydrogens (tertiary/aromatic N) is 2. The lowest BCUT2D eigenvalue weighted by atomic mass is 10.2. The van der Waals surface area contributed by atoms with Crippen molar-refractivity contribution in [2.75, 3.05) is 0 Å². The molecule has 0 radical (unpaired) electrons. The molecule has 84 valence electrons. The van der Waals surface area contributed by atoms with Crippen LogP contribution < -0.4 is 4.74 Å². The lowest BCUT2D eigenvalue weighted by molar-refractivity contribution is -0.394. The summed E-state index contributed by atoms with van der Waals surface area (Å²) in [6.07, 6.45) is -1.74. The minimum Gasteiger partial charge on any atom is -0.449 e. The molecule has 0 unspecified atom stereocenters. The number of hydrogen-bond acceptors (Lipinski definition) is 6. The van der Waals surface area contributed by atoms with Gasteiger partial charge < -0.3 is 9.84 Å². The van der Waals surface area contributed by atoms with Gasteiger partial charge in [-0.05, 0) is 6.07 Å². The van der Waals surface area contributed by atoms with Crippen molar-refractivity contribution >= 4 is 17.5 Å². The lowest BCUT2D eigenvalue weighted by Crippen LogP contribution is -2.05. The van der Waals surface area contributed by atoms with Crippen LogP contribution in [0.1, 0.15) is 0 Å². The maximum atomic E-state index is 10.5. The Morgan fingerprint density at radius 2 is 1.88 bits per heavy atom. The highest BCUT2D eigenvalue weighted by atomic mass is 16.7. The van der Waals surface area contributed by atoms with Gasteiger partial charge in [0.05, 0.1) is 15.9 Å². The van der Waals surface area contributed by atoms with E-state index in [1.165, 1.54) is 0 Å². The monoisotopic (exact) mass is 228 g/mol. The zero-order valence-electron chi connectivity index (χ0n) is 7.52. The molecular formula is C7H4N2O7. The second-order valence-electron chi connectivity index (χ2n) is 2.53. The van der Waals surface area contributed by atoms with E-state index in [0.717, 1.165) is 12.1 Å². The Morgan fingerprint density at radius 1 is 1.25 bits per heavy atom. The quantitative estimate of drug-likeness (QED) is 0.359. The first kappa shape index (κ1) is 11.4. The average molecular weight is 228 g/mol. The van der Waals surface area contributed by atoms with Gasteiger partial charge in [0.25, 0.3) is 5.69 Å². The van der Waals surface area contributed by atoms with Gasteiger partial charge in [-0.1, -0.05) is 0 Å². The number of hydrogen-bond donors (Lipinski definition) is 1. The normalized spacial score (nSPS) is 9.50. The van der Waals surface area contributed by atoms with E-state index < -0.39 is 33.1 Å². The Bertz CT molecular complexity index is 470. The minimum atomic E-state index is -1.74. The van der Waals surface area contributed by atoms with E-state index in [0.29, 0.717) is 6.07 Å². The van der Waals surface area contributed by atoms with Gasteiger partial charge in [-0.15, -0.1) is 0 Å². The molecule has 0 aliphatic rings. The van der Waals surface area contributed by atoms with Crippen LogP contribution in [0.2, 0.25) is 0 Å². The maximum Gasteiger partial charge on any atom is 0.511 e. The van der Waals surface area contributed by atoms with Crippen molar-refractivity contribution in [3.05, 3.63) is 38.4 Å². The van der Waals surface area contributed by atoms with Crippen molar-refractivity contribution in [2.24, 2.45) is 0 Å². The number of rotatable bonds is 3. The van der Waals surface area contributed by atoms with Gasteiger partial charge in [0.15, 0.2) is 0 Å². The van der Waals surface area contributed by atoms with Crippen LogP contribution in [0.3, 0.4) is 0 Å². The van der Waals surface area contributed by atoms with Crippen molar-refractivity contribution in [2.45, 2.75) is 0 Å². The molecule has 1 N–H and O–H groups in total. The summed E-state index contributed by atoms with van der Waals surface area (Å²) < 4.78 is 4.09. The second kappa shape index (κ2) is 4.21. The third kappa shape index (κ3) is 2.41. The minimum absolute atomic E-state index is 0.524. The number of nitro benzene ring substituents is 2. The smallest absolute Gasteiger partial charge is 0.449 e. The van der Waals surface area contributed by atoms with Gasteiger partial charge in [-0.25, -0.2) is 4.79 Å². The Balaban J connectivity index is 3.24. The molecule has 9 heteroatoms. The summed E-state index contributed by atoms with van der Waals surface area (Å²) in [6.45, 7) is 0. The summed E-state index contributed by atoms with van der Waals surface area (Å²) in [4.78, 5) is 29.2. The SMILES string of the molecule is O=C(O)Oc1ccc([N+](=O)[O-])cc1[N+](=O)[O-]. The van der Waals surface area contributed by atoms with Crippen LogP contribution in [-0.2, 0) is 0 Å². The Labute approximate surface area is 87.2 Å². The highest BCUT2D eigenvalue weighted by Gasteiger charge is 2.22. The molecule has 1 aromatic carbocycles. The van der Waals surface area contributed by atoms with E-state index in [2.05, 4.69) is 4.74 Å². The van der Waals surface area contributed by atoms with Crippen LogP contribution in [-0.4, -0.2) is 21.1 Å². The standard InChI is InChI=1S/C7H4N2O7/c10-7(11)16-6-2-1-4(8(12)13)3-5(6)9(14)15/h1-3H,(H,10,11). The molecule has 0 aromatic heterocycles. The van der Waals surface area contributed by atoms with Crippen LogP contribution >= 0.6 is 0 Å². The molecule has 0 saturated heterocycles. The average Bonchev–Trinajstić information content (AvgIpc) is 2.16. The number of nitro groups is 2. The fraction of sp³-hybridized carbons (Fsp3) is 0. The third-order valence-corrected chi connectivity index (χ3v) is 1.55. The van der Waals surface area contributed by atoms with E-state index in [4.69, 9.17) is 5.11 Å². The van der Waals surface area contributed by atoms with Crippen molar-refractivity contribution in [1.29, 1.82) is 0 Å². The molecule has 0 aliphatic heterocycles. The molecule has 0 fully saturated rings. The topological polar surface area (TPSA) is 133 Å². The first-order valence-electron chi connectivity index (χ1n) is 3.75. The summed E-state index contributed by atoms with van der Waals surface area (Å²) in [5.41, 5.74) is -1.30. The van der Waals surface area contributed by atoms with E-state index >= 15 is 0 Å². The van der Waals surface area contributed by atoms with Crippen molar-refractivity contribution in [1.82, 2.24) is 0 Å². The molecule has 1 rings (SSSR count). The molecule has 0 bridgehead atoms. The first-order valence-corrected chi connectivity index (χ1v) is 3.75. The highest BCUT2D eigenvalue weighted by Crippen LogP contribution is 2.30. The fourth-order valence-corrected chi connectivity index (χ4v) is 0.942. The molecule has 0 spiro atoms. The summed E-state index contributed by atoms with van der Waals surface area (Å²) in [6, 6.07) is 2.38. The molecule has 16 heavy (non-hydrogen) atoms. The van der Waals surface area contributed by atoms with E-state index in [9.17, 15) is 25.0 Å². The van der Waals surface area contributed by atoms with Crippen LogP contribution in [0, 0.1) is 20.2 Å². The predicted molar refractivity (Wildman–Crippen MR) is 48.4 cm³/mol. The number of carbonyl (C=O) groups is 1. The van der Waals surface area contributed by atoms with Gasteiger partial charge >= 0.3 is 11.8 Å². The van der Waals surface area contributed by atoms with E-state index in [1.807, 2.05) is 0 Å². The van der Waals surface area contributed by atoms with E-state index in [-0.39, 0.29) is 0 Å². The second-order valence-corrected chi connectivity index (χ2v) is 2.53. The van der Waals surface area contributed by atoms with Crippen LogP contribution in [0.5, 0.6) is 5.75 Å². The van der Waals surface area contributed by atoms with Crippen LogP contribution in [0.15, 0.2) is 18.2 Å². The lowest BCUT2D eigenvalue weighted by Gasteiger charge is -2.00. The fourth-order valence-electron chi connectivity index (χ4n) is 0.942. The summed E-state index contributed by atoms with van der Waals surface area (Å²) in [5.74, 6) is -0.567. The molecule has 0 heterocycles. The Hall–Kier alpha value is -2.71. The summed E-state index contributed by atoms with van der Waals surface area (Å²) in [5, 5.41) is 29.1. The molecule has 0 amide bonds. The van der Waals surface area contributed by atoms with Crippen molar-refractivity contribution < 1.29 is 24.5 Å². The highest BCUT2D eigenvalue weighted by molar-refractivity contribution is 5.65. The van der Waals surface area contributed by atoms with Gasteiger partial charge in [-0.2, -0.15) is 0 Å². The number of carboxylic acid groups (broad SMARTS) is 1. The van der Waals surface area contributed by atoms with Gasteiger partial charge in [0.2, 0.25) is 5.75 Å². The van der Waals surface area contributed by atoms with Crippen LogP contribution in [0.25, 0.3) is 0 Å². The van der Waals surface area contributed by atoms with Gasteiger partial charge in [-0.3, -0.25) is 20.2 Å². The zero-order chi connectivity index (χ0) is 12.3. The largest absolute Gasteiger partial charge is 0.511 e. The Morgan fingerprint density at radius 3 is 2.31 bits per heavy atom. The van der Waals surface area contributed by atoms with E-state index in [1.54, 1.807) is 0 Å². The zero-order valence-corrected chi connectivity index (χ0v) is 7.52. The molecule has 0 aliphatic carbocycles. The Kier molecular flexibility index (Phi) is 2.99. The predicted octanol–water partition coefficient (Wildman–Crippen LogP) is 1.56.